The number of nitrogens with one attached hydrogen (secondary N) is 2. The molecule has 0 radical (unpaired) electrons. The number of amides is 1. The molecule has 0 bridgehead atoms. The molecule has 0 spiro atoms. The smallest absolute Gasteiger partial charge is 0.239 e. The van der Waals surface area contributed by atoms with Gasteiger partial charge in [0.1, 0.15) is 5.75 Å². The van der Waals surface area contributed by atoms with E-state index in [9.17, 15) is 4.79 Å². The molecule has 0 aliphatic heterocycles. The van der Waals surface area contributed by atoms with Gasteiger partial charge in [-0.05, 0) is 31.2 Å². The maximum absolute atomic E-state index is 11.9. The summed E-state index contributed by atoms with van der Waals surface area (Å²) in [6, 6.07) is 17.0. The molecule has 5 nitrogen and oxygen atoms in total. The molecule has 0 heterocycles. The van der Waals surface area contributed by atoms with Crippen molar-refractivity contribution < 1.29 is 14.3 Å². The summed E-state index contributed by atoms with van der Waals surface area (Å²) in [5, 5.41) is 5.96. The van der Waals surface area contributed by atoms with Crippen LogP contribution < -0.4 is 15.4 Å². The number of anilines is 1. The molecule has 0 saturated carbocycles. The predicted molar refractivity (Wildman–Crippen MR) is 90.9 cm³/mol. The van der Waals surface area contributed by atoms with Crippen LogP contribution in [-0.4, -0.2) is 32.2 Å². The summed E-state index contributed by atoms with van der Waals surface area (Å²) in [4.78, 5) is 11.9. The SMILES string of the molecule is COCC(C)NC(=O)CNc1ccccc1Oc1ccccc1. The molecule has 122 valence electrons. The van der Waals surface area contributed by atoms with Crippen molar-refractivity contribution in [2.75, 3.05) is 25.6 Å². The topological polar surface area (TPSA) is 59.6 Å². The van der Waals surface area contributed by atoms with Crippen LogP contribution in [0.15, 0.2) is 54.6 Å². The molecule has 2 N–H and O–H groups in total. The molecular formula is C18H22N2O3. The van der Waals surface area contributed by atoms with Gasteiger partial charge in [-0.1, -0.05) is 30.3 Å². The van der Waals surface area contributed by atoms with Crippen LogP contribution in [0.3, 0.4) is 0 Å². The first-order valence-corrected chi connectivity index (χ1v) is 7.53. The highest BCUT2D eigenvalue weighted by Gasteiger charge is 2.09. The molecule has 2 rings (SSSR count). The maximum atomic E-state index is 11.9. The third-order valence-corrected chi connectivity index (χ3v) is 3.12. The maximum Gasteiger partial charge on any atom is 0.239 e. The van der Waals surface area contributed by atoms with E-state index in [1.54, 1.807) is 7.11 Å². The summed E-state index contributed by atoms with van der Waals surface area (Å²) in [5.74, 6) is 1.33. The second kappa shape index (κ2) is 8.80. The minimum Gasteiger partial charge on any atom is -0.455 e. The molecule has 0 fully saturated rings. The summed E-state index contributed by atoms with van der Waals surface area (Å²) in [6.45, 7) is 2.55. The molecule has 1 atom stereocenters. The third-order valence-electron chi connectivity index (χ3n) is 3.12. The molecule has 5 heteroatoms. The summed E-state index contributed by atoms with van der Waals surface area (Å²) >= 11 is 0. The first-order valence-electron chi connectivity index (χ1n) is 7.53. The van der Waals surface area contributed by atoms with Crippen molar-refractivity contribution in [3.05, 3.63) is 54.6 Å². The zero-order valence-electron chi connectivity index (χ0n) is 13.4. The average Bonchev–Trinajstić information content (AvgIpc) is 2.55. The lowest BCUT2D eigenvalue weighted by Gasteiger charge is -2.15. The van der Waals surface area contributed by atoms with Gasteiger partial charge >= 0.3 is 0 Å². The van der Waals surface area contributed by atoms with E-state index < -0.39 is 0 Å². The molecule has 1 unspecified atom stereocenters. The highest BCUT2D eigenvalue weighted by atomic mass is 16.5. The summed E-state index contributed by atoms with van der Waals surface area (Å²) in [7, 11) is 1.61. The molecule has 0 aliphatic rings. The number of ether oxygens (including phenoxy) is 2. The van der Waals surface area contributed by atoms with Gasteiger partial charge in [0.2, 0.25) is 5.91 Å². The molecule has 0 aromatic heterocycles. The lowest BCUT2D eigenvalue weighted by molar-refractivity contribution is -0.120. The van der Waals surface area contributed by atoms with E-state index in [1.165, 1.54) is 0 Å². The Labute approximate surface area is 136 Å². The van der Waals surface area contributed by atoms with Gasteiger partial charge in [0.05, 0.1) is 18.8 Å². The number of carbonyl (C=O) groups is 1. The molecule has 2 aromatic rings. The minimum atomic E-state index is -0.0935. The second-order valence-corrected chi connectivity index (χ2v) is 5.19. The van der Waals surface area contributed by atoms with Crippen LogP contribution in [0, 0.1) is 0 Å². The number of methoxy groups -OCH3 is 1. The molecule has 0 saturated heterocycles. The Hall–Kier alpha value is -2.53. The van der Waals surface area contributed by atoms with Gasteiger partial charge in [-0.15, -0.1) is 0 Å². The van der Waals surface area contributed by atoms with Crippen LogP contribution in [0.25, 0.3) is 0 Å². The largest absolute Gasteiger partial charge is 0.455 e. The number of hydrogen-bond donors (Lipinski definition) is 2. The van der Waals surface area contributed by atoms with Gasteiger partial charge in [-0.3, -0.25) is 4.79 Å². The Morgan fingerprint density at radius 1 is 1.09 bits per heavy atom. The van der Waals surface area contributed by atoms with Crippen molar-refractivity contribution in [3.63, 3.8) is 0 Å². The first-order chi connectivity index (χ1) is 11.2. The second-order valence-electron chi connectivity index (χ2n) is 5.19. The monoisotopic (exact) mass is 314 g/mol. The Morgan fingerprint density at radius 3 is 2.52 bits per heavy atom. The third kappa shape index (κ3) is 5.64. The van der Waals surface area contributed by atoms with E-state index >= 15 is 0 Å². The predicted octanol–water partition coefficient (Wildman–Crippen LogP) is 3.04. The number of benzene rings is 2. The van der Waals surface area contributed by atoms with Crippen molar-refractivity contribution in [3.8, 4) is 11.5 Å². The number of carbonyl (C=O) groups excluding carboxylic acids is 1. The van der Waals surface area contributed by atoms with Crippen molar-refractivity contribution in [2.45, 2.75) is 13.0 Å². The van der Waals surface area contributed by atoms with E-state index in [1.807, 2.05) is 61.5 Å². The van der Waals surface area contributed by atoms with Gasteiger partial charge in [0.15, 0.2) is 5.75 Å². The van der Waals surface area contributed by atoms with Crippen LogP contribution in [-0.2, 0) is 9.53 Å². The van der Waals surface area contributed by atoms with E-state index in [2.05, 4.69) is 10.6 Å². The zero-order chi connectivity index (χ0) is 16.5. The van der Waals surface area contributed by atoms with Gasteiger partial charge in [0.25, 0.3) is 0 Å². The van der Waals surface area contributed by atoms with Crippen molar-refractivity contribution in [2.24, 2.45) is 0 Å². The highest BCUT2D eigenvalue weighted by molar-refractivity contribution is 5.81. The summed E-state index contributed by atoms with van der Waals surface area (Å²) in [6.07, 6.45) is 0. The van der Waals surface area contributed by atoms with Crippen molar-refractivity contribution in [1.29, 1.82) is 0 Å². The standard InChI is InChI=1S/C18H22N2O3/c1-14(13-22-2)20-18(21)12-19-16-10-6-7-11-17(16)23-15-8-4-3-5-9-15/h3-11,14,19H,12-13H2,1-2H3,(H,20,21). The fraction of sp³-hybridized carbons (Fsp3) is 0.278. The van der Waals surface area contributed by atoms with Gasteiger partial charge in [0, 0.05) is 13.2 Å². The van der Waals surface area contributed by atoms with E-state index in [0.717, 1.165) is 11.4 Å². The van der Waals surface area contributed by atoms with E-state index in [-0.39, 0.29) is 18.5 Å². The van der Waals surface area contributed by atoms with E-state index in [4.69, 9.17) is 9.47 Å². The lowest BCUT2D eigenvalue weighted by atomic mass is 10.2. The molecule has 1 amide bonds. The minimum absolute atomic E-state index is 0.0230. The fourth-order valence-corrected chi connectivity index (χ4v) is 2.11. The van der Waals surface area contributed by atoms with Crippen LogP contribution in [0.2, 0.25) is 0 Å². The van der Waals surface area contributed by atoms with Crippen LogP contribution in [0.5, 0.6) is 11.5 Å². The van der Waals surface area contributed by atoms with Crippen LogP contribution in [0.4, 0.5) is 5.69 Å². The Balaban J connectivity index is 1.94. The van der Waals surface area contributed by atoms with Crippen LogP contribution in [0.1, 0.15) is 6.92 Å². The van der Waals surface area contributed by atoms with E-state index in [0.29, 0.717) is 12.4 Å². The average molecular weight is 314 g/mol. The Morgan fingerprint density at radius 2 is 1.78 bits per heavy atom. The first kappa shape index (κ1) is 16.8. The fourth-order valence-electron chi connectivity index (χ4n) is 2.11. The molecule has 2 aromatic carbocycles. The number of rotatable bonds is 8. The van der Waals surface area contributed by atoms with Crippen molar-refractivity contribution >= 4 is 11.6 Å². The summed E-state index contributed by atoms with van der Waals surface area (Å²) < 4.78 is 10.8. The highest BCUT2D eigenvalue weighted by Crippen LogP contribution is 2.28. The quantitative estimate of drug-likeness (QED) is 0.786. The van der Waals surface area contributed by atoms with Gasteiger partial charge in [-0.2, -0.15) is 0 Å². The zero-order valence-corrected chi connectivity index (χ0v) is 13.4. The van der Waals surface area contributed by atoms with Crippen molar-refractivity contribution in [1.82, 2.24) is 5.32 Å². The molecule has 0 aliphatic carbocycles. The molecule has 23 heavy (non-hydrogen) atoms. The summed E-state index contributed by atoms with van der Waals surface area (Å²) in [5.41, 5.74) is 0.769. The lowest BCUT2D eigenvalue weighted by Crippen LogP contribution is -2.39. The molecular weight excluding hydrogens is 292 g/mol. The number of para-hydroxylation sites is 3. The van der Waals surface area contributed by atoms with Crippen LogP contribution >= 0.6 is 0 Å². The Bertz CT molecular complexity index is 617. The van der Waals surface area contributed by atoms with Gasteiger partial charge < -0.3 is 20.1 Å². The Kier molecular flexibility index (Phi) is 6.44. The normalized spacial score (nSPS) is 11.6. The van der Waals surface area contributed by atoms with Gasteiger partial charge in [-0.25, -0.2) is 0 Å². The number of hydrogen-bond acceptors (Lipinski definition) is 4.